The first-order valence-electron chi connectivity index (χ1n) is 8.14. The molecule has 9 heteroatoms. The van der Waals surface area contributed by atoms with Crippen LogP contribution in [-0.4, -0.2) is 45.9 Å². The van der Waals surface area contributed by atoms with Gasteiger partial charge in [0.25, 0.3) is 11.8 Å². The molecule has 2 rings (SSSR count). The highest BCUT2D eigenvalue weighted by atomic mass is 19.1. The summed E-state index contributed by atoms with van der Waals surface area (Å²) in [4.78, 5) is 24.1. The van der Waals surface area contributed by atoms with E-state index < -0.39 is 11.8 Å². The predicted molar refractivity (Wildman–Crippen MR) is 101 cm³/mol. The minimum Gasteiger partial charge on any atom is -0.493 e. The Bertz CT molecular complexity index is 843. The van der Waals surface area contributed by atoms with Crippen molar-refractivity contribution in [3.05, 3.63) is 53.3 Å². The molecule has 2 N–H and O–H groups in total. The summed E-state index contributed by atoms with van der Waals surface area (Å²) in [5, 5.41) is 6.21. The largest absolute Gasteiger partial charge is 0.493 e. The Morgan fingerprint density at radius 3 is 2.18 bits per heavy atom. The molecule has 0 unspecified atom stereocenters. The number of methoxy groups -OCH3 is 3. The first-order valence-corrected chi connectivity index (χ1v) is 8.14. The third kappa shape index (κ3) is 5.44. The maximum absolute atomic E-state index is 12.8. The van der Waals surface area contributed by atoms with Gasteiger partial charge in [0.1, 0.15) is 5.82 Å². The normalized spacial score (nSPS) is 10.4. The molecule has 0 heterocycles. The average molecular weight is 389 g/mol. The van der Waals surface area contributed by atoms with Crippen molar-refractivity contribution in [3.63, 3.8) is 0 Å². The molecular formula is C19H20FN3O5. The van der Waals surface area contributed by atoms with E-state index in [-0.39, 0.29) is 17.9 Å². The molecule has 0 aliphatic carbocycles. The third-order valence-electron chi connectivity index (χ3n) is 3.61. The Kier molecular flexibility index (Phi) is 7.32. The number of nitrogens with one attached hydrogen (secondary N) is 2. The summed E-state index contributed by atoms with van der Waals surface area (Å²) < 4.78 is 28.4. The van der Waals surface area contributed by atoms with E-state index in [2.05, 4.69) is 15.8 Å². The summed E-state index contributed by atoms with van der Waals surface area (Å²) >= 11 is 0. The van der Waals surface area contributed by atoms with Crippen LogP contribution in [0.5, 0.6) is 17.2 Å². The highest BCUT2D eigenvalue weighted by Gasteiger charge is 2.17. The summed E-state index contributed by atoms with van der Waals surface area (Å²) in [6.07, 6.45) is 1.36. The van der Waals surface area contributed by atoms with Crippen LogP contribution in [0.3, 0.4) is 0 Å². The predicted octanol–water partition coefficient (Wildman–Crippen LogP) is 1.73. The summed E-state index contributed by atoms with van der Waals surface area (Å²) in [7, 11) is 4.33. The van der Waals surface area contributed by atoms with Crippen LogP contribution in [0.4, 0.5) is 4.39 Å². The zero-order valence-corrected chi connectivity index (χ0v) is 15.6. The van der Waals surface area contributed by atoms with Gasteiger partial charge in [0.05, 0.1) is 34.1 Å². The van der Waals surface area contributed by atoms with E-state index in [1.54, 1.807) is 0 Å². The number of halogens is 1. The molecular weight excluding hydrogens is 369 g/mol. The summed E-state index contributed by atoms with van der Waals surface area (Å²) in [6, 6.07) is 8.53. The molecule has 0 saturated carbocycles. The van der Waals surface area contributed by atoms with E-state index in [0.717, 1.165) is 0 Å². The van der Waals surface area contributed by atoms with Crippen LogP contribution in [0, 0.1) is 5.82 Å². The number of hydrazone groups is 1. The van der Waals surface area contributed by atoms with Gasteiger partial charge >= 0.3 is 0 Å². The van der Waals surface area contributed by atoms with E-state index in [1.165, 1.54) is 63.9 Å². The highest BCUT2D eigenvalue weighted by molar-refractivity contribution is 5.97. The zero-order chi connectivity index (χ0) is 20.5. The number of rotatable bonds is 8. The van der Waals surface area contributed by atoms with Crippen LogP contribution in [-0.2, 0) is 4.79 Å². The maximum atomic E-state index is 12.8. The van der Waals surface area contributed by atoms with Gasteiger partial charge < -0.3 is 19.5 Å². The highest BCUT2D eigenvalue weighted by Crippen LogP contribution is 2.38. The van der Waals surface area contributed by atoms with Gasteiger partial charge in [0.2, 0.25) is 5.75 Å². The number of hydrogen-bond acceptors (Lipinski definition) is 6. The monoisotopic (exact) mass is 389 g/mol. The molecule has 28 heavy (non-hydrogen) atoms. The van der Waals surface area contributed by atoms with Crippen LogP contribution >= 0.6 is 0 Å². The average Bonchev–Trinajstić information content (AvgIpc) is 2.72. The van der Waals surface area contributed by atoms with Crippen molar-refractivity contribution in [1.29, 1.82) is 0 Å². The first kappa shape index (κ1) is 20.7. The van der Waals surface area contributed by atoms with Crippen LogP contribution in [0.1, 0.15) is 15.9 Å². The van der Waals surface area contributed by atoms with E-state index >= 15 is 0 Å². The molecule has 0 bridgehead atoms. The number of ether oxygens (including phenoxy) is 3. The standard InChI is InChI=1S/C19H20FN3O5/c1-26-15-8-13(9-16(27-2)18(15)28-3)19(25)21-11-17(24)23-22-10-12-4-6-14(20)7-5-12/h4-10H,11H2,1-3H3,(H,21,25)(H,23,24)/b22-10+. The fraction of sp³-hybridized carbons (Fsp3) is 0.211. The molecule has 0 aromatic heterocycles. The van der Waals surface area contributed by atoms with Crippen LogP contribution in [0.15, 0.2) is 41.5 Å². The summed E-state index contributed by atoms with van der Waals surface area (Å²) in [6.45, 7) is -0.295. The number of amides is 2. The fourth-order valence-electron chi connectivity index (χ4n) is 2.24. The van der Waals surface area contributed by atoms with Crippen molar-refractivity contribution in [1.82, 2.24) is 10.7 Å². The molecule has 0 aliphatic heterocycles. The first-order chi connectivity index (χ1) is 13.5. The van der Waals surface area contributed by atoms with Crippen LogP contribution < -0.4 is 25.0 Å². The van der Waals surface area contributed by atoms with Gasteiger partial charge in [-0.15, -0.1) is 0 Å². The second-order valence-corrected chi connectivity index (χ2v) is 5.44. The smallest absolute Gasteiger partial charge is 0.259 e. The second-order valence-electron chi connectivity index (χ2n) is 5.44. The van der Waals surface area contributed by atoms with E-state index in [0.29, 0.717) is 22.8 Å². The van der Waals surface area contributed by atoms with Crippen molar-refractivity contribution >= 4 is 18.0 Å². The minimum absolute atomic E-state index is 0.233. The minimum atomic E-state index is -0.529. The van der Waals surface area contributed by atoms with E-state index in [1.807, 2.05) is 0 Å². The molecule has 148 valence electrons. The van der Waals surface area contributed by atoms with Gasteiger partial charge in [-0.1, -0.05) is 12.1 Å². The van der Waals surface area contributed by atoms with E-state index in [4.69, 9.17) is 14.2 Å². The van der Waals surface area contributed by atoms with Crippen LogP contribution in [0.25, 0.3) is 0 Å². The molecule has 0 saturated heterocycles. The Hall–Kier alpha value is -3.62. The van der Waals surface area contributed by atoms with Crippen molar-refractivity contribution in [2.24, 2.45) is 5.10 Å². The molecule has 0 radical (unpaired) electrons. The third-order valence-corrected chi connectivity index (χ3v) is 3.61. The number of nitrogens with zero attached hydrogens (tertiary/aromatic N) is 1. The number of benzene rings is 2. The van der Waals surface area contributed by atoms with Gasteiger partial charge in [-0.05, 0) is 29.8 Å². The molecule has 8 nitrogen and oxygen atoms in total. The Morgan fingerprint density at radius 2 is 1.64 bits per heavy atom. The SMILES string of the molecule is COc1cc(C(=O)NCC(=O)N/N=C/c2ccc(F)cc2)cc(OC)c1OC. The Balaban J connectivity index is 1.94. The van der Waals surface area contributed by atoms with E-state index in [9.17, 15) is 14.0 Å². The lowest BCUT2D eigenvalue weighted by Crippen LogP contribution is -2.34. The molecule has 2 aromatic rings. The lowest BCUT2D eigenvalue weighted by Gasteiger charge is -2.14. The lowest BCUT2D eigenvalue weighted by molar-refractivity contribution is -0.120. The van der Waals surface area contributed by atoms with Crippen LogP contribution in [0.2, 0.25) is 0 Å². The number of carbonyl (C=O) groups excluding carboxylic acids is 2. The topological polar surface area (TPSA) is 98.2 Å². The Morgan fingerprint density at radius 1 is 1.04 bits per heavy atom. The molecule has 2 aromatic carbocycles. The molecule has 2 amide bonds. The van der Waals surface area contributed by atoms with Crippen molar-refractivity contribution in [2.45, 2.75) is 0 Å². The van der Waals surface area contributed by atoms with Crippen molar-refractivity contribution in [3.8, 4) is 17.2 Å². The molecule has 0 spiro atoms. The van der Waals surface area contributed by atoms with Gasteiger partial charge in [-0.2, -0.15) is 5.10 Å². The number of carbonyl (C=O) groups is 2. The van der Waals surface area contributed by atoms with Gasteiger partial charge in [0.15, 0.2) is 11.5 Å². The van der Waals surface area contributed by atoms with Gasteiger partial charge in [-0.25, -0.2) is 9.82 Å². The zero-order valence-electron chi connectivity index (χ0n) is 15.6. The maximum Gasteiger partial charge on any atom is 0.259 e. The number of hydrogen-bond donors (Lipinski definition) is 2. The lowest BCUT2D eigenvalue weighted by atomic mass is 10.1. The van der Waals surface area contributed by atoms with Gasteiger partial charge in [-0.3, -0.25) is 9.59 Å². The molecule has 0 atom stereocenters. The summed E-state index contributed by atoms with van der Waals surface area (Å²) in [5.74, 6) is -0.401. The van der Waals surface area contributed by atoms with Gasteiger partial charge in [0, 0.05) is 5.56 Å². The summed E-state index contributed by atoms with van der Waals surface area (Å²) in [5.41, 5.74) is 3.12. The second kappa shape index (κ2) is 9.91. The molecule has 0 fully saturated rings. The molecule has 0 aliphatic rings. The Labute approximate surface area is 161 Å². The van der Waals surface area contributed by atoms with Crippen molar-refractivity contribution < 1.29 is 28.2 Å². The van der Waals surface area contributed by atoms with Crippen molar-refractivity contribution in [2.75, 3.05) is 27.9 Å². The quantitative estimate of drug-likeness (QED) is 0.529. The fourth-order valence-corrected chi connectivity index (χ4v) is 2.24.